The minimum Gasteiger partial charge on any atom is -0.386 e. The zero-order valence-corrected chi connectivity index (χ0v) is 12.1. The molecule has 0 bridgehead atoms. The number of pyridine rings is 1. The smallest absolute Gasteiger partial charge is 0.260 e. The summed E-state index contributed by atoms with van der Waals surface area (Å²) in [5.41, 5.74) is 0.432. The number of nitrogens with one attached hydrogen (secondary N) is 2. The molecule has 0 aromatic carbocycles. The van der Waals surface area contributed by atoms with Gasteiger partial charge in [-0.1, -0.05) is 20.8 Å². The van der Waals surface area contributed by atoms with Gasteiger partial charge in [0.2, 0.25) is 0 Å². The fourth-order valence-electron chi connectivity index (χ4n) is 1.28. The molecule has 2 N–H and O–H groups in total. The monoisotopic (exact) mass is 271 g/mol. The lowest BCUT2D eigenvalue weighted by molar-refractivity contribution is 0.350. The van der Waals surface area contributed by atoms with E-state index in [0.29, 0.717) is 12.2 Å². The Morgan fingerprint density at radius 3 is 2.61 bits per heavy atom. The highest BCUT2D eigenvalue weighted by atomic mass is 32.2. The Kier molecular flexibility index (Phi) is 4.70. The highest BCUT2D eigenvalue weighted by molar-refractivity contribution is 7.89. The fraction of sp³-hybridized carbons (Fsp3) is 0.583. The van der Waals surface area contributed by atoms with Gasteiger partial charge in [-0.15, -0.1) is 0 Å². The third kappa shape index (κ3) is 3.68. The maximum absolute atomic E-state index is 12.2. The topological polar surface area (TPSA) is 71.1 Å². The predicted octanol–water partition coefficient (Wildman–Crippen LogP) is 1.84. The molecule has 0 fully saturated rings. The first-order valence-corrected chi connectivity index (χ1v) is 7.43. The second kappa shape index (κ2) is 5.67. The number of hydrogen-bond donors (Lipinski definition) is 2. The lowest BCUT2D eigenvalue weighted by Crippen LogP contribution is -2.34. The van der Waals surface area contributed by atoms with Crippen molar-refractivity contribution in [1.82, 2.24) is 9.71 Å². The summed E-state index contributed by atoms with van der Waals surface area (Å²) in [6, 6.07) is 3.38. The first kappa shape index (κ1) is 14.9. The van der Waals surface area contributed by atoms with Gasteiger partial charge in [-0.25, -0.2) is 18.1 Å². The molecule has 0 radical (unpaired) electrons. The molecule has 0 saturated heterocycles. The molecule has 0 amide bonds. The van der Waals surface area contributed by atoms with Crippen molar-refractivity contribution in [3.8, 4) is 0 Å². The number of nitrogens with zero attached hydrogens (tertiary/aromatic N) is 1. The number of anilines is 1. The minimum atomic E-state index is -3.57. The fourth-order valence-corrected chi connectivity index (χ4v) is 2.66. The van der Waals surface area contributed by atoms with E-state index in [1.807, 2.05) is 20.8 Å². The summed E-state index contributed by atoms with van der Waals surface area (Å²) < 4.78 is 26.9. The van der Waals surface area contributed by atoms with E-state index in [-0.39, 0.29) is 10.4 Å². The van der Waals surface area contributed by atoms with Crippen molar-refractivity contribution in [1.29, 1.82) is 0 Å². The van der Waals surface area contributed by atoms with Crippen LogP contribution < -0.4 is 10.0 Å². The van der Waals surface area contributed by atoms with Crippen LogP contribution in [0.3, 0.4) is 0 Å². The van der Waals surface area contributed by atoms with Crippen LogP contribution in [0, 0.1) is 5.41 Å². The highest BCUT2D eigenvalue weighted by Gasteiger charge is 2.23. The number of sulfonamides is 1. The van der Waals surface area contributed by atoms with Crippen molar-refractivity contribution < 1.29 is 8.42 Å². The maximum Gasteiger partial charge on any atom is 0.260 e. The zero-order valence-electron chi connectivity index (χ0n) is 11.3. The minimum absolute atomic E-state index is 0.0411. The van der Waals surface area contributed by atoms with Crippen molar-refractivity contribution in [3.63, 3.8) is 0 Å². The van der Waals surface area contributed by atoms with Gasteiger partial charge in [-0.3, -0.25) is 0 Å². The molecule has 102 valence electrons. The van der Waals surface area contributed by atoms with Gasteiger partial charge in [-0.2, -0.15) is 0 Å². The average Bonchev–Trinajstić information content (AvgIpc) is 2.37. The summed E-state index contributed by atoms with van der Waals surface area (Å²) in [6.07, 6.45) is 2.37. The van der Waals surface area contributed by atoms with Gasteiger partial charge >= 0.3 is 0 Å². The molecule has 0 aliphatic rings. The first-order chi connectivity index (χ1) is 8.32. The van der Waals surface area contributed by atoms with E-state index in [1.165, 1.54) is 6.20 Å². The molecule has 0 saturated carbocycles. The van der Waals surface area contributed by atoms with E-state index < -0.39 is 10.0 Å². The van der Waals surface area contributed by atoms with Crippen LogP contribution in [0.5, 0.6) is 0 Å². The molecule has 5 nitrogen and oxygen atoms in total. The molecule has 6 heteroatoms. The molecule has 1 heterocycles. The van der Waals surface area contributed by atoms with E-state index in [2.05, 4.69) is 15.0 Å². The van der Waals surface area contributed by atoms with E-state index >= 15 is 0 Å². The molecule has 1 aromatic heterocycles. The lowest BCUT2D eigenvalue weighted by Gasteiger charge is -2.22. The van der Waals surface area contributed by atoms with Gasteiger partial charge in [0.25, 0.3) is 10.0 Å². The summed E-state index contributed by atoms with van der Waals surface area (Å²) in [7, 11) is -1.90. The lowest BCUT2D eigenvalue weighted by atomic mass is 9.91. The second-order valence-electron chi connectivity index (χ2n) is 4.95. The molecule has 0 atom stereocenters. The van der Waals surface area contributed by atoms with Gasteiger partial charge < -0.3 is 5.32 Å². The summed E-state index contributed by atoms with van der Waals surface area (Å²) in [6.45, 7) is 6.47. The summed E-state index contributed by atoms with van der Waals surface area (Å²) >= 11 is 0. The van der Waals surface area contributed by atoms with E-state index in [9.17, 15) is 8.42 Å². The third-order valence-electron chi connectivity index (χ3n) is 2.99. The van der Waals surface area contributed by atoms with Crippen molar-refractivity contribution in [3.05, 3.63) is 18.3 Å². The molecular weight excluding hydrogens is 250 g/mol. The summed E-state index contributed by atoms with van der Waals surface area (Å²) in [5, 5.41) is 2.87. The summed E-state index contributed by atoms with van der Waals surface area (Å²) in [4.78, 5) is 3.93. The first-order valence-electron chi connectivity index (χ1n) is 5.95. The summed E-state index contributed by atoms with van der Waals surface area (Å²) in [5.74, 6) is 0. The molecule has 0 aliphatic heterocycles. The quantitative estimate of drug-likeness (QED) is 0.828. The van der Waals surface area contributed by atoms with Crippen LogP contribution in [-0.4, -0.2) is 27.0 Å². The molecule has 0 unspecified atom stereocenters. The molecule has 1 rings (SSSR count). The van der Waals surface area contributed by atoms with Crippen LogP contribution in [0.25, 0.3) is 0 Å². The number of rotatable bonds is 6. The van der Waals surface area contributed by atoms with Gasteiger partial charge in [-0.05, 0) is 24.0 Å². The van der Waals surface area contributed by atoms with Crippen molar-refractivity contribution in [2.75, 3.05) is 18.9 Å². The molecule has 0 aliphatic carbocycles. The Morgan fingerprint density at radius 2 is 2.06 bits per heavy atom. The van der Waals surface area contributed by atoms with Crippen molar-refractivity contribution in [2.45, 2.75) is 32.2 Å². The number of hydrogen-bond acceptors (Lipinski definition) is 4. The van der Waals surface area contributed by atoms with E-state index in [1.54, 1.807) is 19.2 Å². The zero-order chi connectivity index (χ0) is 13.8. The SMILES string of the molecule is CCC(C)(C)CNS(=O)(=O)c1ncccc1NC. The van der Waals surface area contributed by atoms with Gasteiger partial charge in [0, 0.05) is 19.8 Å². The van der Waals surface area contributed by atoms with Crippen LogP contribution in [0.2, 0.25) is 0 Å². The van der Waals surface area contributed by atoms with Crippen LogP contribution in [0.15, 0.2) is 23.4 Å². The van der Waals surface area contributed by atoms with Crippen LogP contribution in [0.4, 0.5) is 5.69 Å². The largest absolute Gasteiger partial charge is 0.386 e. The van der Waals surface area contributed by atoms with Gasteiger partial charge in [0.1, 0.15) is 0 Å². The average molecular weight is 271 g/mol. The van der Waals surface area contributed by atoms with Gasteiger partial charge in [0.15, 0.2) is 5.03 Å². The Balaban J connectivity index is 2.94. The Bertz CT molecular complexity index is 498. The normalized spacial score (nSPS) is 12.4. The van der Waals surface area contributed by atoms with Crippen molar-refractivity contribution >= 4 is 15.7 Å². The standard InChI is InChI=1S/C12H21N3O2S/c1-5-12(2,3)9-15-18(16,17)11-10(13-4)7-6-8-14-11/h6-8,13,15H,5,9H2,1-4H3. The van der Waals surface area contributed by atoms with Crippen LogP contribution in [0.1, 0.15) is 27.2 Å². The van der Waals surface area contributed by atoms with Crippen LogP contribution >= 0.6 is 0 Å². The van der Waals surface area contributed by atoms with E-state index in [4.69, 9.17) is 0 Å². The molecule has 0 spiro atoms. The second-order valence-corrected chi connectivity index (χ2v) is 6.63. The molecule has 18 heavy (non-hydrogen) atoms. The Hall–Kier alpha value is -1.14. The highest BCUT2D eigenvalue weighted by Crippen LogP contribution is 2.21. The number of aromatic nitrogens is 1. The third-order valence-corrected chi connectivity index (χ3v) is 4.35. The van der Waals surface area contributed by atoms with Gasteiger partial charge in [0.05, 0.1) is 5.69 Å². The molecule has 1 aromatic rings. The van der Waals surface area contributed by atoms with E-state index in [0.717, 1.165) is 6.42 Å². The Labute approximate surface area is 109 Å². The van der Waals surface area contributed by atoms with Crippen molar-refractivity contribution in [2.24, 2.45) is 5.41 Å². The molecular formula is C12H21N3O2S. The Morgan fingerprint density at radius 1 is 1.39 bits per heavy atom. The predicted molar refractivity (Wildman–Crippen MR) is 73.0 cm³/mol. The maximum atomic E-state index is 12.2. The van der Waals surface area contributed by atoms with Crippen LogP contribution in [-0.2, 0) is 10.0 Å².